The van der Waals surface area contributed by atoms with Gasteiger partial charge in [-0.1, -0.05) is 32.1 Å². The minimum absolute atomic E-state index is 0.0726. The van der Waals surface area contributed by atoms with E-state index in [2.05, 4.69) is 5.32 Å². The fourth-order valence-electron chi connectivity index (χ4n) is 3.70. The number of carbonyl (C=O) groups excluding carboxylic acids is 1. The molecule has 6 heteroatoms. The smallest absolute Gasteiger partial charge is 0.235 e. The fourth-order valence-corrected chi connectivity index (χ4v) is 5.44. The Balaban J connectivity index is 1.87. The predicted octanol–water partition coefficient (Wildman–Crippen LogP) is 1.37. The monoisotopic (exact) mass is 316 g/mol. The Morgan fingerprint density at radius 3 is 2.19 bits per heavy atom. The van der Waals surface area contributed by atoms with E-state index in [1.165, 1.54) is 19.3 Å². The fraction of sp³-hybridized carbons (Fsp3) is 0.933. The van der Waals surface area contributed by atoms with Crippen LogP contribution in [0.15, 0.2) is 0 Å². The third-order valence-electron chi connectivity index (χ3n) is 4.96. The zero-order valence-electron chi connectivity index (χ0n) is 12.7. The summed E-state index contributed by atoms with van der Waals surface area (Å²) >= 11 is 0. The van der Waals surface area contributed by atoms with Crippen LogP contribution in [0.4, 0.5) is 0 Å². The van der Waals surface area contributed by atoms with Crippen molar-refractivity contribution in [3.8, 4) is 0 Å². The lowest BCUT2D eigenvalue weighted by Gasteiger charge is -2.30. The number of nitrogens with one attached hydrogen (secondary N) is 1. The molecule has 0 radical (unpaired) electrons. The van der Waals surface area contributed by atoms with Crippen molar-refractivity contribution in [2.75, 3.05) is 12.3 Å². The number of carbonyl (C=O) groups is 1. The van der Waals surface area contributed by atoms with Gasteiger partial charge in [-0.05, 0) is 31.6 Å². The van der Waals surface area contributed by atoms with Crippen molar-refractivity contribution >= 4 is 15.7 Å². The van der Waals surface area contributed by atoms with Crippen molar-refractivity contribution in [3.05, 3.63) is 0 Å². The van der Waals surface area contributed by atoms with Crippen molar-refractivity contribution in [2.24, 2.45) is 11.7 Å². The number of sulfone groups is 1. The molecule has 2 saturated carbocycles. The van der Waals surface area contributed by atoms with Gasteiger partial charge in [0, 0.05) is 12.6 Å². The normalized spacial score (nSPS) is 23.1. The third kappa shape index (κ3) is 4.68. The molecule has 2 rings (SSSR count). The average molecular weight is 316 g/mol. The molecule has 3 N–H and O–H groups in total. The van der Waals surface area contributed by atoms with E-state index in [-0.39, 0.29) is 23.0 Å². The molecular weight excluding hydrogens is 288 g/mol. The van der Waals surface area contributed by atoms with Gasteiger partial charge in [0.2, 0.25) is 5.91 Å². The van der Waals surface area contributed by atoms with Gasteiger partial charge in [-0.3, -0.25) is 4.79 Å². The second-order valence-corrected chi connectivity index (χ2v) is 8.80. The van der Waals surface area contributed by atoms with Crippen LogP contribution >= 0.6 is 0 Å². The lowest BCUT2D eigenvalue weighted by atomic mass is 9.84. The van der Waals surface area contributed by atoms with E-state index < -0.39 is 9.84 Å². The van der Waals surface area contributed by atoms with Gasteiger partial charge in [0.25, 0.3) is 0 Å². The molecule has 0 aromatic rings. The van der Waals surface area contributed by atoms with Gasteiger partial charge in [-0.2, -0.15) is 0 Å². The first kappa shape index (κ1) is 16.7. The van der Waals surface area contributed by atoms with Crippen LogP contribution in [0.25, 0.3) is 0 Å². The highest BCUT2D eigenvalue weighted by Gasteiger charge is 2.32. The Bertz CT molecular complexity index is 438. The highest BCUT2D eigenvalue weighted by molar-refractivity contribution is 7.92. The van der Waals surface area contributed by atoms with Gasteiger partial charge >= 0.3 is 0 Å². The first-order valence-electron chi connectivity index (χ1n) is 8.24. The summed E-state index contributed by atoms with van der Waals surface area (Å²) < 4.78 is 24.4. The lowest BCUT2D eigenvalue weighted by molar-refractivity contribution is -0.119. The average Bonchev–Trinajstić information content (AvgIpc) is 3.00. The molecule has 0 aromatic heterocycles. The number of rotatable bonds is 6. The van der Waals surface area contributed by atoms with Crippen LogP contribution in [-0.2, 0) is 14.6 Å². The van der Waals surface area contributed by atoms with Crippen molar-refractivity contribution < 1.29 is 13.2 Å². The van der Waals surface area contributed by atoms with Crippen LogP contribution < -0.4 is 11.1 Å². The van der Waals surface area contributed by atoms with E-state index in [1.807, 2.05) is 0 Å². The Morgan fingerprint density at radius 1 is 1.05 bits per heavy atom. The Labute approximate surface area is 128 Å². The standard InChI is InChI=1S/C15H28N2O3S/c16-10-14(12-6-2-1-3-7-12)17-15(18)11-21(19,20)13-8-4-5-9-13/h12-14H,1-11,16H2,(H,17,18). The van der Waals surface area contributed by atoms with Crippen LogP contribution in [-0.4, -0.2) is 37.9 Å². The zero-order chi connectivity index (χ0) is 15.3. The van der Waals surface area contributed by atoms with Crippen LogP contribution in [0, 0.1) is 5.92 Å². The van der Waals surface area contributed by atoms with E-state index >= 15 is 0 Å². The number of hydrogen-bond donors (Lipinski definition) is 2. The molecule has 1 unspecified atom stereocenters. The molecule has 0 aromatic carbocycles. The molecule has 0 heterocycles. The zero-order valence-corrected chi connectivity index (χ0v) is 13.5. The Kier molecular flexibility index (Phi) is 6.05. The maximum Gasteiger partial charge on any atom is 0.235 e. The molecular formula is C15H28N2O3S. The molecule has 2 fully saturated rings. The maximum absolute atomic E-state index is 12.2. The number of amides is 1. The summed E-state index contributed by atoms with van der Waals surface area (Å²) in [5.74, 6) is -0.342. The van der Waals surface area contributed by atoms with Crippen LogP contribution in [0.5, 0.6) is 0 Å². The minimum Gasteiger partial charge on any atom is -0.351 e. The summed E-state index contributed by atoms with van der Waals surface area (Å²) in [6.45, 7) is 0.389. The molecule has 0 bridgehead atoms. The van der Waals surface area contributed by atoms with E-state index in [4.69, 9.17) is 5.73 Å². The third-order valence-corrected chi connectivity index (χ3v) is 7.11. The Hall–Kier alpha value is -0.620. The Morgan fingerprint density at radius 2 is 1.62 bits per heavy atom. The van der Waals surface area contributed by atoms with E-state index in [0.717, 1.165) is 25.7 Å². The summed E-state index contributed by atoms with van der Waals surface area (Å²) in [5.41, 5.74) is 5.77. The molecule has 0 spiro atoms. The molecule has 2 aliphatic carbocycles. The van der Waals surface area contributed by atoms with Gasteiger partial charge in [0.05, 0.1) is 5.25 Å². The van der Waals surface area contributed by atoms with Crippen molar-refractivity contribution in [1.29, 1.82) is 0 Å². The predicted molar refractivity (Wildman–Crippen MR) is 83.6 cm³/mol. The first-order chi connectivity index (χ1) is 10.0. The topological polar surface area (TPSA) is 89.3 Å². The summed E-state index contributed by atoms with van der Waals surface area (Å²) in [4.78, 5) is 12.1. The van der Waals surface area contributed by atoms with Crippen LogP contribution in [0.2, 0.25) is 0 Å². The van der Waals surface area contributed by atoms with Crippen LogP contribution in [0.1, 0.15) is 57.8 Å². The summed E-state index contributed by atoms with van der Waals surface area (Å²) in [5, 5.41) is 2.56. The molecule has 1 atom stereocenters. The van der Waals surface area contributed by atoms with Gasteiger partial charge in [0.15, 0.2) is 9.84 Å². The molecule has 5 nitrogen and oxygen atoms in total. The van der Waals surface area contributed by atoms with Crippen molar-refractivity contribution in [1.82, 2.24) is 5.32 Å². The van der Waals surface area contributed by atoms with Gasteiger partial charge in [0.1, 0.15) is 5.75 Å². The van der Waals surface area contributed by atoms with Gasteiger partial charge in [-0.15, -0.1) is 0 Å². The van der Waals surface area contributed by atoms with Gasteiger partial charge < -0.3 is 11.1 Å². The summed E-state index contributed by atoms with van der Waals surface area (Å²) in [6.07, 6.45) is 9.09. The highest BCUT2D eigenvalue weighted by atomic mass is 32.2. The van der Waals surface area contributed by atoms with Crippen LogP contribution in [0.3, 0.4) is 0 Å². The number of hydrogen-bond acceptors (Lipinski definition) is 4. The molecule has 1 amide bonds. The maximum atomic E-state index is 12.2. The summed E-state index contributed by atoms with van der Waals surface area (Å²) in [7, 11) is -3.30. The summed E-state index contributed by atoms with van der Waals surface area (Å²) in [6, 6.07) is -0.0726. The lowest BCUT2D eigenvalue weighted by Crippen LogP contribution is -2.48. The molecule has 21 heavy (non-hydrogen) atoms. The SMILES string of the molecule is NCC(NC(=O)CS(=O)(=O)C1CCCC1)C1CCCCC1. The first-order valence-corrected chi connectivity index (χ1v) is 9.95. The van der Waals surface area contributed by atoms with E-state index in [1.54, 1.807) is 0 Å². The molecule has 2 aliphatic rings. The highest BCUT2D eigenvalue weighted by Crippen LogP contribution is 2.27. The van der Waals surface area contributed by atoms with E-state index in [0.29, 0.717) is 25.3 Å². The number of nitrogens with two attached hydrogens (primary N) is 1. The largest absolute Gasteiger partial charge is 0.351 e. The molecule has 122 valence electrons. The van der Waals surface area contributed by atoms with Crippen molar-refractivity contribution in [3.63, 3.8) is 0 Å². The quantitative estimate of drug-likeness (QED) is 0.774. The molecule has 0 aliphatic heterocycles. The second-order valence-electron chi connectivity index (χ2n) is 6.52. The second kappa shape index (κ2) is 7.58. The van der Waals surface area contributed by atoms with E-state index in [9.17, 15) is 13.2 Å². The van der Waals surface area contributed by atoms with Gasteiger partial charge in [-0.25, -0.2) is 8.42 Å². The minimum atomic E-state index is -3.30. The van der Waals surface area contributed by atoms with Crippen molar-refractivity contribution in [2.45, 2.75) is 69.1 Å². The molecule has 0 saturated heterocycles.